The Kier molecular flexibility index (Phi) is 3.44. The molecule has 9 heteroatoms. The number of nitrogens with one attached hydrogen (secondary N) is 1. The van der Waals surface area contributed by atoms with Gasteiger partial charge in [0.15, 0.2) is 5.69 Å². The topological polar surface area (TPSA) is 121 Å². The molecule has 3 N–H and O–H groups in total. The molecule has 1 amide bonds. The molecule has 0 saturated carbocycles. The highest BCUT2D eigenvalue weighted by atomic mass is 16.2. The highest BCUT2D eigenvalue weighted by Gasteiger charge is 2.08. The molecule has 0 fully saturated rings. The Bertz CT molecular complexity index is 603. The van der Waals surface area contributed by atoms with Crippen molar-refractivity contribution in [3.05, 3.63) is 40.6 Å². The maximum absolute atomic E-state index is 11.4. The van der Waals surface area contributed by atoms with E-state index in [2.05, 4.69) is 15.4 Å². The van der Waals surface area contributed by atoms with Gasteiger partial charge in [0.2, 0.25) is 0 Å². The number of aryl methyl sites for hydroxylation is 2. The SMILES string of the molecule is NNC(=O)c1cn(CCn2ncccc2=O)nn1. The van der Waals surface area contributed by atoms with Crippen LogP contribution in [-0.4, -0.2) is 30.7 Å². The van der Waals surface area contributed by atoms with Gasteiger partial charge in [-0.3, -0.25) is 15.0 Å². The number of carbonyl (C=O) groups excluding carboxylic acids is 1. The van der Waals surface area contributed by atoms with Crippen molar-refractivity contribution in [2.45, 2.75) is 13.1 Å². The molecule has 9 nitrogen and oxygen atoms in total. The van der Waals surface area contributed by atoms with Gasteiger partial charge in [0.1, 0.15) is 0 Å². The number of hydrazine groups is 1. The number of aromatic nitrogens is 5. The van der Waals surface area contributed by atoms with Gasteiger partial charge in [-0.1, -0.05) is 5.21 Å². The Morgan fingerprint density at radius 1 is 1.44 bits per heavy atom. The number of carbonyl (C=O) groups is 1. The van der Waals surface area contributed by atoms with Crippen molar-refractivity contribution in [2.75, 3.05) is 0 Å². The Morgan fingerprint density at radius 2 is 2.28 bits per heavy atom. The van der Waals surface area contributed by atoms with Crippen LogP contribution in [0.4, 0.5) is 0 Å². The molecule has 2 aromatic heterocycles. The highest BCUT2D eigenvalue weighted by Crippen LogP contribution is 1.92. The lowest BCUT2D eigenvalue weighted by atomic mass is 10.4. The van der Waals surface area contributed by atoms with Crippen molar-refractivity contribution in [1.29, 1.82) is 0 Å². The second-order valence-electron chi connectivity index (χ2n) is 3.43. The van der Waals surface area contributed by atoms with Gasteiger partial charge in [-0.15, -0.1) is 5.10 Å². The number of nitrogens with zero attached hydrogens (tertiary/aromatic N) is 5. The monoisotopic (exact) mass is 249 g/mol. The molecular weight excluding hydrogens is 238 g/mol. The van der Waals surface area contributed by atoms with Crippen molar-refractivity contribution < 1.29 is 4.79 Å². The van der Waals surface area contributed by atoms with Gasteiger partial charge >= 0.3 is 0 Å². The Labute approximate surface area is 101 Å². The lowest BCUT2D eigenvalue weighted by Gasteiger charge is -2.02. The van der Waals surface area contributed by atoms with Gasteiger partial charge in [0.25, 0.3) is 11.5 Å². The van der Waals surface area contributed by atoms with Crippen LogP contribution in [0.2, 0.25) is 0 Å². The maximum atomic E-state index is 11.4. The molecule has 0 saturated heterocycles. The normalized spacial score (nSPS) is 10.3. The molecule has 18 heavy (non-hydrogen) atoms. The molecule has 0 radical (unpaired) electrons. The first-order valence-electron chi connectivity index (χ1n) is 5.14. The molecule has 2 heterocycles. The van der Waals surface area contributed by atoms with Crippen molar-refractivity contribution in [2.24, 2.45) is 5.84 Å². The van der Waals surface area contributed by atoms with Crippen LogP contribution in [0.5, 0.6) is 0 Å². The van der Waals surface area contributed by atoms with Crippen molar-refractivity contribution >= 4 is 5.91 Å². The van der Waals surface area contributed by atoms with Gasteiger partial charge in [0, 0.05) is 12.3 Å². The molecule has 0 spiro atoms. The second-order valence-corrected chi connectivity index (χ2v) is 3.43. The van der Waals surface area contributed by atoms with Gasteiger partial charge in [-0.05, 0) is 6.07 Å². The van der Waals surface area contributed by atoms with E-state index in [0.717, 1.165) is 0 Å². The summed E-state index contributed by atoms with van der Waals surface area (Å²) in [5.74, 6) is 4.45. The minimum absolute atomic E-state index is 0.117. The summed E-state index contributed by atoms with van der Waals surface area (Å²) >= 11 is 0. The van der Waals surface area contributed by atoms with Gasteiger partial charge in [0.05, 0.1) is 19.3 Å². The fraction of sp³-hybridized carbons (Fsp3) is 0.222. The number of nitrogens with two attached hydrogens (primary N) is 1. The minimum atomic E-state index is -0.517. The lowest BCUT2D eigenvalue weighted by molar-refractivity contribution is 0.0948. The van der Waals surface area contributed by atoms with E-state index in [1.54, 1.807) is 6.07 Å². The van der Waals surface area contributed by atoms with Crippen LogP contribution in [0.1, 0.15) is 10.5 Å². The molecule has 0 aliphatic rings. The summed E-state index contributed by atoms with van der Waals surface area (Å²) < 4.78 is 2.73. The van der Waals surface area contributed by atoms with E-state index in [4.69, 9.17) is 5.84 Å². The average molecular weight is 249 g/mol. The lowest BCUT2D eigenvalue weighted by Crippen LogP contribution is -2.30. The molecule has 0 atom stereocenters. The van der Waals surface area contributed by atoms with Gasteiger partial charge in [-0.25, -0.2) is 15.2 Å². The van der Waals surface area contributed by atoms with Crippen LogP contribution < -0.4 is 16.8 Å². The fourth-order valence-corrected chi connectivity index (χ4v) is 1.34. The van der Waals surface area contributed by atoms with Crippen LogP contribution in [0.15, 0.2) is 29.3 Å². The first kappa shape index (κ1) is 11.9. The first-order chi connectivity index (χ1) is 8.70. The third kappa shape index (κ3) is 2.58. The van der Waals surface area contributed by atoms with E-state index in [0.29, 0.717) is 13.1 Å². The number of hydrogen-bond donors (Lipinski definition) is 2. The van der Waals surface area contributed by atoms with Gasteiger partial charge in [-0.2, -0.15) is 5.10 Å². The van der Waals surface area contributed by atoms with E-state index in [1.807, 2.05) is 5.43 Å². The van der Waals surface area contributed by atoms with Crippen LogP contribution in [0, 0.1) is 0 Å². The number of rotatable bonds is 4. The standard InChI is InChI=1S/C9H11N7O2/c10-12-9(18)7-6-15(14-13-7)4-5-16-8(17)2-1-3-11-16/h1-3,6H,4-5,10H2,(H,12,18). The molecular formula is C9H11N7O2. The molecule has 2 rings (SSSR count). The number of hydrogen-bond acceptors (Lipinski definition) is 6. The smallest absolute Gasteiger partial charge is 0.287 e. The predicted molar refractivity (Wildman–Crippen MR) is 60.2 cm³/mol. The molecule has 94 valence electrons. The summed E-state index contributed by atoms with van der Waals surface area (Å²) in [4.78, 5) is 22.5. The molecule has 0 aromatic carbocycles. The van der Waals surface area contributed by atoms with E-state index in [-0.39, 0.29) is 11.3 Å². The van der Waals surface area contributed by atoms with Crippen LogP contribution >= 0.6 is 0 Å². The third-order valence-electron chi connectivity index (χ3n) is 2.23. The maximum Gasteiger partial charge on any atom is 0.287 e. The first-order valence-corrected chi connectivity index (χ1v) is 5.14. The second kappa shape index (κ2) is 5.19. The Morgan fingerprint density at radius 3 is 3.00 bits per heavy atom. The zero-order valence-corrected chi connectivity index (χ0v) is 9.35. The van der Waals surface area contributed by atoms with Crippen molar-refractivity contribution in [3.8, 4) is 0 Å². The van der Waals surface area contributed by atoms with Crippen LogP contribution in [-0.2, 0) is 13.1 Å². The Balaban J connectivity index is 2.03. The number of amides is 1. The predicted octanol–water partition coefficient (Wildman–Crippen LogP) is -1.86. The van der Waals surface area contributed by atoms with E-state index in [1.165, 1.54) is 27.8 Å². The minimum Gasteiger partial charge on any atom is -0.289 e. The van der Waals surface area contributed by atoms with Crippen molar-refractivity contribution in [3.63, 3.8) is 0 Å². The van der Waals surface area contributed by atoms with E-state index < -0.39 is 5.91 Å². The third-order valence-corrected chi connectivity index (χ3v) is 2.23. The van der Waals surface area contributed by atoms with Crippen molar-refractivity contribution in [1.82, 2.24) is 30.2 Å². The molecule has 0 unspecified atom stereocenters. The van der Waals surface area contributed by atoms with Crippen LogP contribution in [0.3, 0.4) is 0 Å². The summed E-state index contributed by atoms with van der Waals surface area (Å²) in [5, 5.41) is 11.3. The summed E-state index contributed by atoms with van der Waals surface area (Å²) in [6, 6.07) is 2.99. The molecule has 0 bridgehead atoms. The fourth-order valence-electron chi connectivity index (χ4n) is 1.34. The summed E-state index contributed by atoms with van der Waals surface area (Å²) in [6.45, 7) is 0.717. The quantitative estimate of drug-likeness (QED) is 0.372. The van der Waals surface area contributed by atoms with Crippen LogP contribution in [0.25, 0.3) is 0 Å². The summed E-state index contributed by atoms with van der Waals surface area (Å²) in [7, 11) is 0. The molecule has 0 aliphatic heterocycles. The Hall–Kier alpha value is -2.55. The summed E-state index contributed by atoms with van der Waals surface area (Å²) in [5.41, 5.74) is 1.87. The average Bonchev–Trinajstić information content (AvgIpc) is 2.86. The largest absolute Gasteiger partial charge is 0.289 e. The highest BCUT2D eigenvalue weighted by molar-refractivity contribution is 5.91. The zero-order chi connectivity index (χ0) is 13.0. The van der Waals surface area contributed by atoms with E-state index in [9.17, 15) is 9.59 Å². The number of nitrogen functional groups attached to an aromatic ring is 1. The van der Waals surface area contributed by atoms with Gasteiger partial charge < -0.3 is 0 Å². The zero-order valence-electron chi connectivity index (χ0n) is 9.35. The summed E-state index contributed by atoms with van der Waals surface area (Å²) in [6.07, 6.45) is 2.96. The van der Waals surface area contributed by atoms with E-state index >= 15 is 0 Å². The molecule has 2 aromatic rings. The molecule has 0 aliphatic carbocycles.